The van der Waals surface area contributed by atoms with Crippen LogP contribution in [0.15, 0.2) is 36.4 Å². The first-order valence-corrected chi connectivity index (χ1v) is 9.40. The molecular weight excluding hydrogens is 366 g/mol. The lowest BCUT2D eigenvalue weighted by molar-refractivity contribution is -0.117. The number of benzene rings is 2. The van der Waals surface area contributed by atoms with Gasteiger partial charge in [-0.25, -0.2) is 4.68 Å². The van der Waals surface area contributed by atoms with Crippen LogP contribution in [0, 0.1) is 34.6 Å². The molecule has 0 unspecified atom stereocenters. The standard InChI is InChI=1S/C22H25N5O2/c1-13-6-7-15(3)19(10-13)24-22(29)21-17(5)27(26-25-21)12-20(28)23-18-9-8-14(2)16(4)11-18/h6-11H,12H2,1-5H3,(H,23,28)(H,24,29). The third-order valence-corrected chi connectivity index (χ3v) is 4.92. The predicted molar refractivity (Wildman–Crippen MR) is 113 cm³/mol. The minimum atomic E-state index is -0.350. The van der Waals surface area contributed by atoms with Gasteiger partial charge in [0.2, 0.25) is 5.91 Å². The van der Waals surface area contributed by atoms with Crippen LogP contribution in [0.25, 0.3) is 0 Å². The molecule has 0 saturated heterocycles. The van der Waals surface area contributed by atoms with Crippen LogP contribution in [-0.4, -0.2) is 26.8 Å². The number of anilines is 2. The molecule has 7 nitrogen and oxygen atoms in total. The maximum atomic E-state index is 12.6. The Morgan fingerprint density at radius 2 is 1.62 bits per heavy atom. The highest BCUT2D eigenvalue weighted by molar-refractivity contribution is 6.04. The molecule has 2 N–H and O–H groups in total. The van der Waals surface area contributed by atoms with Gasteiger partial charge in [0.1, 0.15) is 6.54 Å². The van der Waals surface area contributed by atoms with Gasteiger partial charge in [-0.3, -0.25) is 9.59 Å². The van der Waals surface area contributed by atoms with Gasteiger partial charge >= 0.3 is 0 Å². The van der Waals surface area contributed by atoms with Gasteiger partial charge in [-0.15, -0.1) is 5.10 Å². The minimum absolute atomic E-state index is 0.0253. The number of rotatable bonds is 5. The van der Waals surface area contributed by atoms with Crippen molar-refractivity contribution in [2.75, 3.05) is 10.6 Å². The lowest BCUT2D eigenvalue weighted by Crippen LogP contribution is -2.21. The Bertz CT molecular complexity index is 1080. The summed E-state index contributed by atoms with van der Waals surface area (Å²) < 4.78 is 1.42. The molecule has 0 spiro atoms. The van der Waals surface area contributed by atoms with Crippen molar-refractivity contribution in [3.05, 3.63) is 70.0 Å². The summed E-state index contributed by atoms with van der Waals surface area (Å²) in [4.78, 5) is 25.0. The van der Waals surface area contributed by atoms with Crippen molar-refractivity contribution < 1.29 is 9.59 Å². The second-order valence-corrected chi connectivity index (χ2v) is 7.30. The number of carbonyl (C=O) groups excluding carboxylic acids is 2. The van der Waals surface area contributed by atoms with Crippen LogP contribution in [0.2, 0.25) is 0 Å². The number of carbonyl (C=O) groups is 2. The minimum Gasteiger partial charge on any atom is -0.324 e. The molecule has 7 heteroatoms. The summed E-state index contributed by atoms with van der Waals surface area (Å²) in [5.74, 6) is -0.584. The zero-order valence-corrected chi connectivity index (χ0v) is 17.3. The fraction of sp³-hybridized carbons (Fsp3) is 0.273. The van der Waals surface area contributed by atoms with Crippen LogP contribution < -0.4 is 10.6 Å². The van der Waals surface area contributed by atoms with Crippen LogP contribution in [0.3, 0.4) is 0 Å². The van der Waals surface area contributed by atoms with E-state index in [9.17, 15) is 9.59 Å². The van der Waals surface area contributed by atoms with Gasteiger partial charge in [0.15, 0.2) is 5.69 Å². The van der Waals surface area contributed by atoms with E-state index in [1.807, 2.05) is 64.1 Å². The number of hydrogen-bond acceptors (Lipinski definition) is 4. The molecule has 0 aliphatic heterocycles. The first kappa shape index (κ1) is 20.3. The molecule has 3 rings (SSSR count). The quantitative estimate of drug-likeness (QED) is 0.694. The number of amides is 2. The summed E-state index contributed by atoms with van der Waals surface area (Å²) in [6, 6.07) is 11.6. The second-order valence-electron chi connectivity index (χ2n) is 7.30. The van der Waals surface area contributed by atoms with Crippen LogP contribution in [0.1, 0.15) is 38.4 Å². The Kier molecular flexibility index (Phi) is 5.77. The Morgan fingerprint density at radius 3 is 2.34 bits per heavy atom. The normalized spacial score (nSPS) is 10.7. The summed E-state index contributed by atoms with van der Waals surface area (Å²) in [5.41, 5.74) is 6.46. The monoisotopic (exact) mass is 391 g/mol. The van der Waals surface area contributed by atoms with Crippen LogP contribution >= 0.6 is 0 Å². The molecule has 29 heavy (non-hydrogen) atoms. The molecule has 1 aromatic heterocycles. The van der Waals surface area contributed by atoms with E-state index in [4.69, 9.17) is 0 Å². The van der Waals surface area contributed by atoms with Crippen molar-refractivity contribution in [1.82, 2.24) is 15.0 Å². The molecule has 0 fully saturated rings. The summed E-state index contributed by atoms with van der Waals surface area (Å²) >= 11 is 0. The van der Waals surface area contributed by atoms with Crippen LogP contribution in [0.4, 0.5) is 11.4 Å². The predicted octanol–water partition coefficient (Wildman–Crippen LogP) is 3.71. The number of aryl methyl sites for hydroxylation is 4. The summed E-state index contributed by atoms with van der Waals surface area (Å²) in [6.07, 6.45) is 0. The average Bonchev–Trinajstić information content (AvgIpc) is 3.02. The van der Waals surface area contributed by atoms with E-state index < -0.39 is 0 Å². The SMILES string of the molecule is Cc1ccc(C)c(NC(=O)c2nnn(CC(=O)Nc3ccc(C)c(C)c3)c2C)c1. The lowest BCUT2D eigenvalue weighted by Gasteiger charge is -2.09. The highest BCUT2D eigenvalue weighted by Gasteiger charge is 2.19. The molecule has 2 aromatic carbocycles. The zero-order valence-electron chi connectivity index (χ0n) is 17.3. The van der Waals surface area contributed by atoms with E-state index in [1.165, 1.54) is 4.68 Å². The molecule has 0 saturated carbocycles. The van der Waals surface area contributed by atoms with Gasteiger partial charge in [-0.1, -0.05) is 23.4 Å². The van der Waals surface area contributed by atoms with E-state index >= 15 is 0 Å². The average molecular weight is 391 g/mol. The Hall–Kier alpha value is -3.48. The molecular formula is C22H25N5O2. The molecule has 0 bridgehead atoms. The van der Waals surface area contributed by atoms with Gasteiger partial charge in [0.25, 0.3) is 5.91 Å². The Morgan fingerprint density at radius 1 is 0.897 bits per heavy atom. The molecule has 0 radical (unpaired) electrons. The van der Waals surface area contributed by atoms with Crippen molar-refractivity contribution in [2.24, 2.45) is 0 Å². The molecule has 150 valence electrons. The molecule has 3 aromatic rings. The van der Waals surface area contributed by atoms with Crippen molar-refractivity contribution in [2.45, 2.75) is 41.2 Å². The second kappa shape index (κ2) is 8.26. The van der Waals surface area contributed by atoms with E-state index in [-0.39, 0.29) is 24.1 Å². The first-order chi connectivity index (χ1) is 13.7. The van der Waals surface area contributed by atoms with E-state index in [0.717, 1.165) is 33.6 Å². The van der Waals surface area contributed by atoms with Crippen molar-refractivity contribution >= 4 is 23.2 Å². The largest absolute Gasteiger partial charge is 0.324 e. The highest BCUT2D eigenvalue weighted by Crippen LogP contribution is 2.18. The van der Waals surface area contributed by atoms with Crippen molar-refractivity contribution in [1.29, 1.82) is 0 Å². The van der Waals surface area contributed by atoms with Gasteiger partial charge in [-0.05, 0) is 75.1 Å². The van der Waals surface area contributed by atoms with Gasteiger partial charge in [-0.2, -0.15) is 0 Å². The third kappa shape index (κ3) is 4.68. The van der Waals surface area contributed by atoms with Crippen molar-refractivity contribution in [3.8, 4) is 0 Å². The molecule has 2 amide bonds. The molecule has 1 heterocycles. The van der Waals surface area contributed by atoms with Crippen molar-refractivity contribution in [3.63, 3.8) is 0 Å². The number of nitrogens with one attached hydrogen (secondary N) is 2. The summed E-state index contributed by atoms with van der Waals surface area (Å²) in [5, 5.41) is 13.7. The fourth-order valence-corrected chi connectivity index (χ4v) is 2.93. The van der Waals surface area contributed by atoms with Crippen LogP contribution in [0.5, 0.6) is 0 Å². The van der Waals surface area contributed by atoms with Gasteiger partial charge in [0, 0.05) is 11.4 Å². The number of nitrogens with zero attached hydrogens (tertiary/aromatic N) is 3. The highest BCUT2D eigenvalue weighted by atomic mass is 16.2. The summed E-state index contributed by atoms with van der Waals surface area (Å²) in [7, 11) is 0. The van der Waals surface area contributed by atoms with E-state index in [1.54, 1.807) is 6.92 Å². The topological polar surface area (TPSA) is 88.9 Å². The lowest BCUT2D eigenvalue weighted by atomic mass is 10.1. The first-order valence-electron chi connectivity index (χ1n) is 9.40. The molecule has 0 aliphatic rings. The molecule has 0 aliphatic carbocycles. The van der Waals surface area contributed by atoms with E-state index in [0.29, 0.717) is 5.69 Å². The summed E-state index contributed by atoms with van der Waals surface area (Å²) in [6.45, 7) is 9.60. The van der Waals surface area contributed by atoms with E-state index in [2.05, 4.69) is 20.9 Å². The fourth-order valence-electron chi connectivity index (χ4n) is 2.93. The zero-order chi connectivity index (χ0) is 21.1. The Balaban J connectivity index is 1.69. The third-order valence-electron chi connectivity index (χ3n) is 4.92. The smallest absolute Gasteiger partial charge is 0.278 e. The van der Waals surface area contributed by atoms with Gasteiger partial charge < -0.3 is 10.6 Å². The maximum Gasteiger partial charge on any atom is 0.278 e. The Labute approximate surface area is 170 Å². The number of aromatic nitrogens is 3. The van der Waals surface area contributed by atoms with Gasteiger partial charge in [0.05, 0.1) is 5.69 Å². The van der Waals surface area contributed by atoms with Crippen LogP contribution in [-0.2, 0) is 11.3 Å². The maximum absolute atomic E-state index is 12.6. The number of hydrogen-bond donors (Lipinski definition) is 2. The molecule has 0 atom stereocenters.